The van der Waals surface area contributed by atoms with Crippen LogP contribution in [0, 0.1) is 12.3 Å². The molecule has 56 valence electrons. The fraction of sp³-hybridized carbons (Fsp3) is 0.500. The second kappa shape index (κ2) is 4.99. The van der Waals surface area contributed by atoms with Gasteiger partial charge < -0.3 is 0 Å². The van der Waals surface area contributed by atoms with Crippen LogP contribution in [0.15, 0.2) is 11.6 Å². The Hall–Kier alpha value is -0.840. The molecular formula is C8H10F2. The van der Waals surface area contributed by atoms with Crippen LogP contribution in [-0.4, -0.2) is 6.43 Å². The maximum atomic E-state index is 11.5. The molecule has 2 heteroatoms. The van der Waals surface area contributed by atoms with Gasteiger partial charge in [0.1, 0.15) is 0 Å². The van der Waals surface area contributed by atoms with Crippen LogP contribution >= 0.6 is 0 Å². The summed E-state index contributed by atoms with van der Waals surface area (Å²) in [6.07, 6.45) is 4.46. The van der Waals surface area contributed by atoms with Crippen molar-refractivity contribution in [3.8, 4) is 12.3 Å². The van der Waals surface area contributed by atoms with Crippen LogP contribution in [0.2, 0.25) is 0 Å². The Labute approximate surface area is 59.9 Å². The third-order valence-electron chi connectivity index (χ3n) is 1.03. The Morgan fingerprint density at radius 2 is 2.30 bits per heavy atom. The maximum absolute atomic E-state index is 11.5. The minimum atomic E-state index is -2.26. The van der Waals surface area contributed by atoms with Crippen LogP contribution in [0.5, 0.6) is 0 Å². The van der Waals surface area contributed by atoms with Crippen molar-refractivity contribution in [2.24, 2.45) is 0 Å². The molecule has 0 aromatic rings. The van der Waals surface area contributed by atoms with Gasteiger partial charge in [-0.15, -0.1) is 12.3 Å². The molecule has 0 radical (unpaired) electrons. The van der Waals surface area contributed by atoms with Crippen molar-refractivity contribution in [2.75, 3.05) is 0 Å². The Balaban J connectivity index is 3.60. The van der Waals surface area contributed by atoms with Crippen molar-refractivity contribution >= 4 is 0 Å². The number of rotatable bonds is 3. The van der Waals surface area contributed by atoms with Crippen molar-refractivity contribution < 1.29 is 8.78 Å². The average Bonchev–Trinajstić information content (AvgIpc) is 1.85. The number of terminal acetylenes is 1. The van der Waals surface area contributed by atoms with Crippen LogP contribution in [0.1, 0.15) is 19.8 Å². The zero-order valence-electron chi connectivity index (χ0n) is 5.90. The molecule has 0 aromatic heterocycles. The third-order valence-corrected chi connectivity index (χ3v) is 1.03. The predicted octanol–water partition coefficient (Wildman–Crippen LogP) is 2.61. The minimum Gasteiger partial charge on any atom is -0.210 e. The number of hydrogen-bond acceptors (Lipinski definition) is 0. The first-order chi connectivity index (χ1) is 4.66. The van der Waals surface area contributed by atoms with Crippen LogP contribution in [0.25, 0.3) is 0 Å². The smallest absolute Gasteiger partial charge is 0.210 e. The predicted molar refractivity (Wildman–Crippen MR) is 37.8 cm³/mol. The molecule has 0 aliphatic carbocycles. The summed E-state index contributed by atoms with van der Waals surface area (Å²) in [4.78, 5) is 0. The van der Waals surface area contributed by atoms with Gasteiger partial charge in [-0.2, -0.15) is 0 Å². The largest absolute Gasteiger partial charge is 0.242 e. The van der Waals surface area contributed by atoms with Crippen LogP contribution in [0.3, 0.4) is 0 Å². The van der Waals surface area contributed by atoms with Gasteiger partial charge in [0.2, 0.25) is 6.43 Å². The van der Waals surface area contributed by atoms with E-state index in [2.05, 4.69) is 5.92 Å². The second-order valence-electron chi connectivity index (χ2n) is 2.06. The molecule has 10 heavy (non-hydrogen) atoms. The summed E-state index contributed by atoms with van der Waals surface area (Å²) in [7, 11) is 0. The number of halogens is 2. The van der Waals surface area contributed by atoms with Gasteiger partial charge in [0.15, 0.2) is 0 Å². The van der Waals surface area contributed by atoms with E-state index in [-0.39, 0.29) is 6.42 Å². The number of allylic oxidation sites excluding steroid dienone is 2. The van der Waals surface area contributed by atoms with Gasteiger partial charge >= 0.3 is 0 Å². The highest BCUT2D eigenvalue weighted by Gasteiger charge is 1.97. The summed E-state index contributed by atoms with van der Waals surface area (Å²) in [5, 5.41) is 0. The molecule has 0 aliphatic rings. The van der Waals surface area contributed by atoms with Gasteiger partial charge in [-0.05, 0) is 6.92 Å². The molecule has 0 heterocycles. The van der Waals surface area contributed by atoms with E-state index >= 15 is 0 Å². The molecule has 0 aliphatic heterocycles. The van der Waals surface area contributed by atoms with Gasteiger partial charge in [0.25, 0.3) is 0 Å². The molecule has 0 saturated carbocycles. The monoisotopic (exact) mass is 144 g/mol. The van der Waals surface area contributed by atoms with Gasteiger partial charge in [-0.25, -0.2) is 8.78 Å². The van der Waals surface area contributed by atoms with E-state index in [4.69, 9.17) is 6.42 Å². The van der Waals surface area contributed by atoms with Crippen LogP contribution < -0.4 is 0 Å². The lowest BCUT2D eigenvalue weighted by Gasteiger charge is -1.93. The lowest BCUT2D eigenvalue weighted by atomic mass is 10.2. The van der Waals surface area contributed by atoms with Crippen molar-refractivity contribution in [3.63, 3.8) is 0 Å². The topological polar surface area (TPSA) is 0 Å². The lowest BCUT2D eigenvalue weighted by Crippen LogP contribution is -1.86. The van der Waals surface area contributed by atoms with E-state index < -0.39 is 6.43 Å². The molecule has 0 nitrogen and oxygen atoms in total. The van der Waals surface area contributed by atoms with E-state index in [1.807, 2.05) is 0 Å². The average molecular weight is 144 g/mol. The normalized spacial score (nSPS) is 11.7. The molecule has 0 bridgehead atoms. The molecule has 0 fully saturated rings. The van der Waals surface area contributed by atoms with Gasteiger partial charge in [0, 0.05) is 12.8 Å². The molecule has 0 amide bonds. The molecule has 0 unspecified atom stereocenters. The molecule has 0 aromatic carbocycles. The van der Waals surface area contributed by atoms with Crippen molar-refractivity contribution in [1.82, 2.24) is 0 Å². The van der Waals surface area contributed by atoms with E-state index in [9.17, 15) is 8.78 Å². The van der Waals surface area contributed by atoms with Crippen molar-refractivity contribution in [1.29, 1.82) is 0 Å². The third kappa shape index (κ3) is 5.30. The first-order valence-corrected chi connectivity index (χ1v) is 3.04. The zero-order chi connectivity index (χ0) is 7.98. The fourth-order valence-corrected chi connectivity index (χ4v) is 0.523. The van der Waals surface area contributed by atoms with Crippen LogP contribution in [-0.2, 0) is 0 Å². The summed E-state index contributed by atoms with van der Waals surface area (Å²) < 4.78 is 23.1. The fourth-order valence-electron chi connectivity index (χ4n) is 0.523. The minimum absolute atomic E-state index is 0.187. The Morgan fingerprint density at radius 1 is 1.70 bits per heavy atom. The summed E-state index contributed by atoms with van der Waals surface area (Å²) in [5.74, 6) is 2.38. The Kier molecular flexibility index (Phi) is 4.57. The molecule has 0 rings (SSSR count). The molecule has 0 spiro atoms. The van der Waals surface area contributed by atoms with E-state index in [0.29, 0.717) is 6.42 Å². The first kappa shape index (κ1) is 9.16. The molecular weight excluding hydrogens is 134 g/mol. The maximum Gasteiger partial charge on any atom is 0.242 e. The lowest BCUT2D eigenvalue weighted by molar-refractivity contribution is 0.152. The van der Waals surface area contributed by atoms with E-state index in [1.54, 1.807) is 6.92 Å². The highest BCUT2D eigenvalue weighted by Crippen LogP contribution is 2.05. The van der Waals surface area contributed by atoms with E-state index in [1.165, 1.54) is 6.08 Å². The van der Waals surface area contributed by atoms with Gasteiger partial charge in [-0.3, -0.25) is 0 Å². The first-order valence-electron chi connectivity index (χ1n) is 3.04. The second-order valence-corrected chi connectivity index (χ2v) is 2.06. The summed E-state index contributed by atoms with van der Waals surface area (Å²) in [5.41, 5.74) is 0.836. The molecule has 0 N–H and O–H groups in total. The number of hydrogen-bond donors (Lipinski definition) is 0. The van der Waals surface area contributed by atoms with Gasteiger partial charge in [0.05, 0.1) is 0 Å². The van der Waals surface area contributed by atoms with Crippen molar-refractivity contribution in [3.05, 3.63) is 11.6 Å². The molecule has 0 saturated heterocycles. The standard InChI is InChI=1S/C8H10F2/c1-3-4-7(2)5-6-8(9)10/h1,5,8H,4,6H2,2H3/b7-5+. The number of alkyl halides is 2. The summed E-state index contributed by atoms with van der Waals surface area (Å²) >= 11 is 0. The van der Waals surface area contributed by atoms with E-state index in [0.717, 1.165) is 5.57 Å². The Bertz CT molecular complexity index is 151. The van der Waals surface area contributed by atoms with Gasteiger partial charge in [-0.1, -0.05) is 11.6 Å². The molecule has 0 atom stereocenters. The van der Waals surface area contributed by atoms with Crippen molar-refractivity contribution in [2.45, 2.75) is 26.2 Å². The quantitative estimate of drug-likeness (QED) is 0.422. The summed E-state index contributed by atoms with van der Waals surface area (Å²) in [6, 6.07) is 0. The highest BCUT2D eigenvalue weighted by molar-refractivity contribution is 5.07. The SMILES string of the molecule is C#CC/C(C)=C/CC(F)F. The Morgan fingerprint density at radius 3 is 2.70 bits per heavy atom. The summed E-state index contributed by atoms with van der Waals surface area (Å²) in [6.45, 7) is 1.75. The zero-order valence-corrected chi connectivity index (χ0v) is 5.90. The highest BCUT2D eigenvalue weighted by atomic mass is 19.3. The van der Waals surface area contributed by atoms with Crippen LogP contribution in [0.4, 0.5) is 8.78 Å².